The van der Waals surface area contributed by atoms with E-state index in [1.165, 1.54) is 0 Å². The minimum Gasteiger partial charge on any atom is -0.457 e. The Kier molecular flexibility index (Phi) is 14.5. The maximum Gasteiger partial charge on any atom is 0.379 e. The standard InChI is InChI=1S/C23H34O9/c24-22(20-6-2-1-3-7-20)23(25)32-19-17-29-15-13-27-11-10-26-12-14-28-16-18-31-21-8-4-5-9-30-21/h1-3,6-7,21H,4-5,8-19H2. The van der Waals surface area contributed by atoms with Crippen LogP contribution >= 0.6 is 0 Å². The van der Waals surface area contributed by atoms with Crippen molar-refractivity contribution in [2.75, 3.05) is 72.7 Å². The second-order valence-corrected chi connectivity index (χ2v) is 6.95. The highest BCUT2D eigenvalue weighted by atomic mass is 16.7. The highest BCUT2D eigenvalue weighted by Gasteiger charge is 2.17. The summed E-state index contributed by atoms with van der Waals surface area (Å²) in [5.41, 5.74) is 0.305. The molecule has 1 unspecified atom stereocenters. The fourth-order valence-electron chi connectivity index (χ4n) is 2.81. The largest absolute Gasteiger partial charge is 0.457 e. The molecule has 180 valence electrons. The molecule has 1 aromatic carbocycles. The summed E-state index contributed by atoms with van der Waals surface area (Å²) < 4.78 is 37.5. The third-order valence-electron chi connectivity index (χ3n) is 4.47. The maximum absolute atomic E-state index is 11.8. The van der Waals surface area contributed by atoms with Crippen molar-refractivity contribution >= 4 is 11.8 Å². The van der Waals surface area contributed by atoms with Crippen LogP contribution in [0, 0.1) is 0 Å². The van der Waals surface area contributed by atoms with E-state index in [1.807, 2.05) is 0 Å². The molecule has 0 bridgehead atoms. The van der Waals surface area contributed by atoms with E-state index in [9.17, 15) is 9.59 Å². The lowest BCUT2D eigenvalue weighted by molar-refractivity contribution is -0.169. The predicted octanol–water partition coefficient (Wildman–Crippen LogP) is 2.02. The summed E-state index contributed by atoms with van der Waals surface area (Å²) in [5, 5.41) is 0. The van der Waals surface area contributed by atoms with Gasteiger partial charge in [-0.3, -0.25) is 4.79 Å². The first-order valence-electron chi connectivity index (χ1n) is 11.1. The summed E-state index contributed by atoms with van der Waals surface area (Å²) in [5.74, 6) is -1.55. The van der Waals surface area contributed by atoms with E-state index in [0.717, 1.165) is 25.9 Å². The van der Waals surface area contributed by atoms with Gasteiger partial charge in [0.05, 0.1) is 59.5 Å². The molecule has 0 amide bonds. The van der Waals surface area contributed by atoms with Crippen LogP contribution in [0.5, 0.6) is 0 Å². The number of ether oxygens (including phenoxy) is 7. The summed E-state index contributed by atoms with van der Waals surface area (Å²) in [7, 11) is 0. The number of Topliss-reactive ketones (excluding diaryl/α,β-unsaturated/α-hetero) is 1. The Labute approximate surface area is 189 Å². The van der Waals surface area contributed by atoms with Gasteiger partial charge in [-0.1, -0.05) is 30.3 Å². The zero-order valence-corrected chi connectivity index (χ0v) is 18.5. The van der Waals surface area contributed by atoms with Gasteiger partial charge < -0.3 is 33.2 Å². The highest BCUT2D eigenvalue weighted by molar-refractivity contribution is 6.40. The number of ketones is 1. The first-order valence-corrected chi connectivity index (χ1v) is 11.1. The number of carbonyl (C=O) groups excluding carboxylic acids is 2. The smallest absolute Gasteiger partial charge is 0.379 e. The Bertz CT molecular complexity index is 617. The predicted molar refractivity (Wildman–Crippen MR) is 115 cm³/mol. The van der Waals surface area contributed by atoms with E-state index < -0.39 is 11.8 Å². The van der Waals surface area contributed by atoms with Crippen LogP contribution in [0.3, 0.4) is 0 Å². The van der Waals surface area contributed by atoms with Crippen LogP contribution in [0.1, 0.15) is 29.6 Å². The fourth-order valence-corrected chi connectivity index (χ4v) is 2.81. The summed E-state index contributed by atoms with van der Waals surface area (Å²) in [6.07, 6.45) is 3.14. The lowest BCUT2D eigenvalue weighted by Crippen LogP contribution is -2.24. The van der Waals surface area contributed by atoms with Crippen LogP contribution in [0.2, 0.25) is 0 Å². The van der Waals surface area contributed by atoms with Crippen molar-refractivity contribution in [2.45, 2.75) is 25.6 Å². The minimum absolute atomic E-state index is 0.0131. The zero-order chi connectivity index (χ0) is 22.7. The van der Waals surface area contributed by atoms with Crippen molar-refractivity contribution in [2.24, 2.45) is 0 Å². The molecular weight excluding hydrogens is 420 g/mol. The van der Waals surface area contributed by atoms with Crippen molar-refractivity contribution < 1.29 is 42.7 Å². The average Bonchev–Trinajstić information content (AvgIpc) is 2.84. The van der Waals surface area contributed by atoms with Crippen LogP contribution < -0.4 is 0 Å². The molecule has 0 aromatic heterocycles. The highest BCUT2D eigenvalue weighted by Crippen LogP contribution is 2.13. The number of carbonyl (C=O) groups is 2. The Balaban J connectivity index is 1.28. The van der Waals surface area contributed by atoms with Crippen molar-refractivity contribution in [3.8, 4) is 0 Å². The molecule has 32 heavy (non-hydrogen) atoms. The molecule has 9 nitrogen and oxygen atoms in total. The van der Waals surface area contributed by atoms with Gasteiger partial charge in [-0.25, -0.2) is 4.79 Å². The maximum atomic E-state index is 11.8. The molecular formula is C23H34O9. The van der Waals surface area contributed by atoms with E-state index in [0.29, 0.717) is 58.4 Å². The van der Waals surface area contributed by atoms with Crippen molar-refractivity contribution in [3.05, 3.63) is 35.9 Å². The van der Waals surface area contributed by atoms with Gasteiger partial charge in [0, 0.05) is 12.2 Å². The van der Waals surface area contributed by atoms with E-state index >= 15 is 0 Å². The average molecular weight is 455 g/mol. The normalized spacial score (nSPS) is 16.1. The van der Waals surface area contributed by atoms with E-state index in [1.54, 1.807) is 30.3 Å². The van der Waals surface area contributed by atoms with Crippen LogP contribution in [-0.2, 0) is 38.0 Å². The van der Waals surface area contributed by atoms with Gasteiger partial charge in [-0.05, 0) is 19.3 Å². The molecule has 1 aliphatic heterocycles. The molecule has 1 aliphatic rings. The summed E-state index contributed by atoms with van der Waals surface area (Å²) in [6.45, 7) is 4.71. The third kappa shape index (κ3) is 12.2. The number of hydrogen-bond donors (Lipinski definition) is 0. The van der Waals surface area contributed by atoms with Crippen LogP contribution in [0.15, 0.2) is 30.3 Å². The van der Waals surface area contributed by atoms with Gasteiger partial charge in [0.25, 0.3) is 5.78 Å². The first kappa shape index (κ1) is 26.4. The first-order chi connectivity index (χ1) is 15.8. The molecule has 0 aliphatic carbocycles. The summed E-state index contributed by atoms with van der Waals surface area (Å²) >= 11 is 0. The van der Waals surface area contributed by atoms with Gasteiger partial charge >= 0.3 is 5.97 Å². The van der Waals surface area contributed by atoms with Crippen LogP contribution in [0.25, 0.3) is 0 Å². The number of hydrogen-bond acceptors (Lipinski definition) is 9. The molecule has 0 spiro atoms. The zero-order valence-electron chi connectivity index (χ0n) is 18.5. The lowest BCUT2D eigenvalue weighted by Gasteiger charge is -2.22. The van der Waals surface area contributed by atoms with Crippen molar-refractivity contribution in [1.29, 1.82) is 0 Å². The molecule has 2 rings (SSSR count). The summed E-state index contributed by atoms with van der Waals surface area (Å²) in [4.78, 5) is 23.5. The molecule has 1 atom stereocenters. The van der Waals surface area contributed by atoms with Gasteiger partial charge in [-0.2, -0.15) is 0 Å². The topological polar surface area (TPSA) is 98.8 Å². The molecule has 0 radical (unpaired) electrons. The van der Waals surface area contributed by atoms with Gasteiger partial charge in [-0.15, -0.1) is 0 Å². The van der Waals surface area contributed by atoms with Crippen LogP contribution in [0.4, 0.5) is 0 Å². The molecule has 0 saturated carbocycles. The van der Waals surface area contributed by atoms with Crippen LogP contribution in [-0.4, -0.2) is 90.7 Å². The molecule has 1 heterocycles. The second kappa shape index (κ2) is 17.6. The summed E-state index contributed by atoms with van der Waals surface area (Å²) in [6, 6.07) is 8.28. The molecule has 1 fully saturated rings. The Morgan fingerprint density at radius 3 is 1.88 bits per heavy atom. The number of esters is 1. The van der Waals surface area contributed by atoms with Gasteiger partial charge in [0.1, 0.15) is 6.61 Å². The fraction of sp³-hybridized carbons (Fsp3) is 0.652. The van der Waals surface area contributed by atoms with Gasteiger partial charge in [0.15, 0.2) is 6.29 Å². The monoisotopic (exact) mass is 454 g/mol. The second-order valence-electron chi connectivity index (χ2n) is 6.95. The third-order valence-corrected chi connectivity index (χ3v) is 4.47. The molecule has 1 aromatic rings. The molecule has 0 N–H and O–H groups in total. The van der Waals surface area contributed by atoms with E-state index in [2.05, 4.69) is 0 Å². The van der Waals surface area contributed by atoms with E-state index in [-0.39, 0.29) is 19.5 Å². The van der Waals surface area contributed by atoms with Gasteiger partial charge in [0.2, 0.25) is 0 Å². The SMILES string of the molecule is O=C(OCCOCCOCCOCCOCCOC1CCCCO1)C(=O)c1ccccc1. The molecule has 1 saturated heterocycles. The molecule has 9 heteroatoms. The number of benzene rings is 1. The van der Waals surface area contributed by atoms with E-state index in [4.69, 9.17) is 33.2 Å². The number of rotatable bonds is 18. The minimum atomic E-state index is -0.886. The van der Waals surface area contributed by atoms with Crippen molar-refractivity contribution in [1.82, 2.24) is 0 Å². The Morgan fingerprint density at radius 2 is 1.31 bits per heavy atom. The Morgan fingerprint density at radius 1 is 0.750 bits per heavy atom. The lowest BCUT2D eigenvalue weighted by atomic mass is 10.1. The quantitative estimate of drug-likeness (QED) is 0.143. The van der Waals surface area contributed by atoms with Crippen molar-refractivity contribution in [3.63, 3.8) is 0 Å². The Hall–Kier alpha value is -1.88.